The van der Waals surface area contributed by atoms with Gasteiger partial charge in [-0.05, 0) is 33.3 Å². The zero-order chi connectivity index (χ0) is 10.3. The summed E-state index contributed by atoms with van der Waals surface area (Å²) in [6, 6.07) is 0. The third-order valence-corrected chi connectivity index (χ3v) is 1.76. The minimum Gasteiger partial charge on any atom is -0.274 e. The first-order chi connectivity index (χ1) is 6.10. The lowest BCUT2D eigenvalue weighted by molar-refractivity contribution is 0.907. The maximum absolute atomic E-state index is 4.31. The van der Waals surface area contributed by atoms with Gasteiger partial charge in [0.1, 0.15) is 5.84 Å². The van der Waals surface area contributed by atoms with E-state index >= 15 is 0 Å². The normalized spacial score (nSPS) is 15.0. The Hall–Kier alpha value is -0.920. The molecule has 0 aliphatic carbocycles. The first-order valence-corrected chi connectivity index (χ1v) is 4.76. The smallest absolute Gasteiger partial charge is 0.120 e. The van der Waals surface area contributed by atoms with Crippen molar-refractivity contribution < 1.29 is 0 Å². The van der Waals surface area contributed by atoms with Crippen molar-refractivity contribution in [3.63, 3.8) is 0 Å². The summed E-state index contributed by atoms with van der Waals surface area (Å²) in [5, 5.41) is 0. The third kappa shape index (κ3) is 6.26. The van der Waals surface area contributed by atoms with Gasteiger partial charge in [-0.15, -0.1) is 0 Å². The molecule has 0 bridgehead atoms. The Kier molecular flexibility index (Phi) is 6.11. The molecular weight excluding hydrogens is 160 g/mol. The Bertz CT molecular complexity index is 234. The number of rotatable bonds is 3. The number of hydrogen-bond acceptors (Lipinski definition) is 1. The number of allylic oxidation sites excluding steroid dienone is 2. The fraction of sp³-hybridized carbons (Fsp3) is 0.636. The van der Waals surface area contributed by atoms with E-state index in [9.17, 15) is 0 Å². The Morgan fingerprint density at radius 1 is 1.23 bits per heavy atom. The van der Waals surface area contributed by atoms with Gasteiger partial charge in [0.25, 0.3) is 0 Å². The van der Waals surface area contributed by atoms with Crippen LogP contribution in [0, 0.1) is 0 Å². The van der Waals surface area contributed by atoms with Crippen molar-refractivity contribution in [3.8, 4) is 0 Å². The molecular formula is C11H20N2. The van der Waals surface area contributed by atoms with E-state index < -0.39 is 0 Å². The van der Waals surface area contributed by atoms with Gasteiger partial charge in [0.2, 0.25) is 0 Å². The Morgan fingerprint density at radius 2 is 1.85 bits per heavy atom. The molecule has 0 amide bonds. The summed E-state index contributed by atoms with van der Waals surface area (Å²) >= 11 is 0. The monoisotopic (exact) mass is 180 g/mol. The van der Waals surface area contributed by atoms with Crippen LogP contribution in [0.1, 0.15) is 40.5 Å². The molecule has 0 atom stereocenters. The molecule has 0 N–H and O–H groups in total. The molecule has 2 heteroatoms. The highest BCUT2D eigenvalue weighted by Crippen LogP contribution is 2.03. The average molecular weight is 180 g/mol. The number of aliphatic imine (C=N–C) groups is 2. The van der Waals surface area contributed by atoms with Crippen LogP contribution < -0.4 is 0 Å². The first kappa shape index (κ1) is 12.1. The third-order valence-electron chi connectivity index (χ3n) is 1.76. The van der Waals surface area contributed by atoms with Crippen LogP contribution in [0.2, 0.25) is 0 Å². The topological polar surface area (TPSA) is 24.7 Å². The summed E-state index contributed by atoms with van der Waals surface area (Å²) in [4.78, 5) is 8.29. The van der Waals surface area contributed by atoms with E-state index in [2.05, 4.69) is 29.9 Å². The predicted octanol–water partition coefficient (Wildman–Crippen LogP) is 3.24. The van der Waals surface area contributed by atoms with Crippen molar-refractivity contribution in [1.82, 2.24) is 0 Å². The van der Waals surface area contributed by atoms with E-state index in [1.165, 1.54) is 12.0 Å². The molecule has 0 unspecified atom stereocenters. The lowest BCUT2D eigenvalue weighted by Gasteiger charge is -1.98. The van der Waals surface area contributed by atoms with E-state index in [0.29, 0.717) is 0 Å². The average Bonchev–Trinajstić information content (AvgIpc) is 2.04. The molecule has 0 spiro atoms. The highest BCUT2D eigenvalue weighted by molar-refractivity contribution is 6.02. The van der Waals surface area contributed by atoms with Crippen LogP contribution in [0.25, 0.3) is 0 Å². The van der Waals surface area contributed by atoms with E-state index in [0.717, 1.165) is 18.0 Å². The molecule has 0 aromatic heterocycles. The lowest BCUT2D eigenvalue weighted by Crippen LogP contribution is -1.93. The van der Waals surface area contributed by atoms with Gasteiger partial charge < -0.3 is 0 Å². The Morgan fingerprint density at radius 3 is 2.31 bits per heavy atom. The van der Waals surface area contributed by atoms with Crippen molar-refractivity contribution in [2.45, 2.75) is 40.5 Å². The van der Waals surface area contributed by atoms with Crippen LogP contribution in [0.3, 0.4) is 0 Å². The van der Waals surface area contributed by atoms with E-state index in [-0.39, 0.29) is 0 Å². The van der Waals surface area contributed by atoms with Crippen molar-refractivity contribution in [2.24, 2.45) is 9.98 Å². The predicted molar refractivity (Wildman–Crippen MR) is 60.8 cm³/mol. The second kappa shape index (κ2) is 6.58. The highest BCUT2D eigenvalue weighted by Gasteiger charge is 1.90. The number of nitrogens with zero attached hydrogens (tertiary/aromatic N) is 2. The van der Waals surface area contributed by atoms with E-state index in [1.807, 2.05) is 13.8 Å². The summed E-state index contributed by atoms with van der Waals surface area (Å²) in [6.45, 7) is 8.24. The van der Waals surface area contributed by atoms with Crippen molar-refractivity contribution >= 4 is 11.5 Å². The molecule has 0 fully saturated rings. The van der Waals surface area contributed by atoms with Crippen molar-refractivity contribution in [1.29, 1.82) is 0 Å². The molecule has 0 radical (unpaired) electrons. The van der Waals surface area contributed by atoms with Crippen LogP contribution >= 0.6 is 0 Å². The summed E-state index contributed by atoms with van der Waals surface area (Å²) in [5.41, 5.74) is 2.42. The largest absolute Gasteiger partial charge is 0.274 e. The molecule has 0 aliphatic heterocycles. The molecule has 2 nitrogen and oxygen atoms in total. The Balaban J connectivity index is 4.35. The molecule has 0 heterocycles. The maximum atomic E-state index is 4.31. The minimum atomic E-state index is 0.832. The fourth-order valence-electron chi connectivity index (χ4n) is 1.16. The second-order valence-corrected chi connectivity index (χ2v) is 3.26. The lowest BCUT2D eigenvalue weighted by atomic mass is 10.1. The highest BCUT2D eigenvalue weighted by atomic mass is 14.9. The number of hydrogen-bond donors (Lipinski definition) is 0. The van der Waals surface area contributed by atoms with Gasteiger partial charge in [-0.1, -0.05) is 18.9 Å². The fourth-order valence-corrected chi connectivity index (χ4v) is 1.16. The zero-order valence-corrected chi connectivity index (χ0v) is 9.39. The Labute approximate surface area is 81.5 Å². The van der Waals surface area contributed by atoms with Crippen LogP contribution in [0.5, 0.6) is 0 Å². The van der Waals surface area contributed by atoms with Crippen molar-refractivity contribution in [2.75, 3.05) is 7.05 Å². The van der Waals surface area contributed by atoms with E-state index in [1.54, 1.807) is 7.05 Å². The van der Waals surface area contributed by atoms with Crippen LogP contribution in [-0.2, 0) is 0 Å². The molecule has 0 saturated heterocycles. The first-order valence-electron chi connectivity index (χ1n) is 4.76. The molecule has 0 aromatic rings. The van der Waals surface area contributed by atoms with Gasteiger partial charge in [0, 0.05) is 12.8 Å². The molecule has 13 heavy (non-hydrogen) atoms. The summed E-state index contributed by atoms with van der Waals surface area (Å²) in [6.07, 6.45) is 4.46. The summed E-state index contributed by atoms with van der Waals surface area (Å²) in [5.74, 6) is 0.832. The second-order valence-electron chi connectivity index (χ2n) is 3.26. The summed E-state index contributed by atoms with van der Waals surface area (Å²) in [7, 11) is 1.76. The van der Waals surface area contributed by atoms with E-state index in [4.69, 9.17) is 0 Å². The van der Waals surface area contributed by atoms with Gasteiger partial charge in [-0.2, -0.15) is 0 Å². The van der Waals surface area contributed by atoms with Crippen LogP contribution in [0.15, 0.2) is 21.6 Å². The number of amidine groups is 1. The molecule has 0 rings (SSSR count). The van der Waals surface area contributed by atoms with Gasteiger partial charge in [0.15, 0.2) is 0 Å². The van der Waals surface area contributed by atoms with Crippen molar-refractivity contribution in [3.05, 3.63) is 11.6 Å². The van der Waals surface area contributed by atoms with Gasteiger partial charge >= 0.3 is 0 Å². The van der Waals surface area contributed by atoms with Crippen LogP contribution in [0.4, 0.5) is 0 Å². The zero-order valence-electron chi connectivity index (χ0n) is 9.39. The standard InChI is InChI=1S/C11H20N2/c1-6-7-9(2)8-10(3)13-11(4)12-5/h8H,6-7H2,1-5H3/b9-8-,12-11-,13-10-. The molecule has 74 valence electrons. The SMILES string of the molecule is CCC\C(C)=C/C(C)=N\C(C)=N/C. The van der Waals surface area contributed by atoms with Gasteiger partial charge in [0.05, 0.1) is 0 Å². The van der Waals surface area contributed by atoms with Gasteiger partial charge in [-0.25, -0.2) is 4.99 Å². The summed E-state index contributed by atoms with van der Waals surface area (Å²) < 4.78 is 0. The molecule has 0 saturated carbocycles. The minimum absolute atomic E-state index is 0.832. The molecule has 0 aromatic carbocycles. The molecule has 0 aliphatic rings. The maximum Gasteiger partial charge on any atom is 0.120 e. The van der Waals surface area contributed by atoms with Crippen LogP contribution in [-0.4, -0.2) is 18.6 Å². The van der Waals surface area contributed by atoms with Gasteiger partial charge in [-0.3, -0.25) is 4.99 Å². The quantitative estimate of drug-likeness (QED) is 0.470.